The van der Waals surface area contributed by atoms with Gasteiger partial charge in [-0.3, -0.25) is 9.59 Å². The number of amides is 2. The van der Waals surface area contributed by atoms with Gasteiger partial charge in [-0.05, 0) is 35.4 Å². The van der Waals surface area contributed by atoms with E-state index in [1.807, 2.05) is 12.1 Å². The van der Waals surface area contributed by atoms with Crippen LogP contribution in [-0.4, -0.2) is 16.8 Å². The molecular weight excluding hydrogens is 314 g/mol. The summed E-state index contributed by atoms with van der Waals surface area (Å²) in [7, 11) is 0. The zero-order valence-corrected chi connectivity index (χ0v) is 13.3. The molecule has 2 N–H and O–H groups in total. The van der Waals surface area contributed by atoms with Crippen molar-refractivity contribution in [1.82, 2.24) is 10.3 Å². The Labute approximate surface area is 139 Å². The zero-order chi connectivity index (χ0) is 16.7. The Bertz CT molecular complexity index is 710. The van der Waals surface area contributed by atoms with Crippen molar-refractivity contribution in [3.05, 3.63) is 65.0 Å². The number of carbonyl (C=O) groups is 2. The molecular formula is C17H16ClN3O2. The molecule has 0 unspecified atom stereocenters. The summed E-state index contributed by atoms with van der Waals surface area (Å²) < 4.78 is 0. The first-order valence-electron chi connectivity index (χ1n) is 6.97. The summed E-state index contributed by atoms with van der Waals surface area (Å²) in [5.74, 6) is -0.324. The summed E-state index contributed by atoms with van der Waals surface area (Å²) in [5, 5.41) is 5.86. The van der Waals surface area contributed by atoms with Crippen LogP contribution in [0.15, 0.2) is 48.7 Å². The number of carbonyl (C=O) groups excluding carboxylic acids is 2. The van der Waals surface area contributed by atoms with Gasteiger partial charge in [0.1, 0.15) is 5.15 Å². The van der Waals surface area contributed by atoms with Crippen LogP contribution in [-0.2, 0) is 16.1 Å². The van der Waals surface area contributed by atoms with E-state index in [4.69, 9.17) is 11.6 Å². The van der Waals surface area contributed by atoms with Crippen LogP contribution in [0.3, 0.4) is 0 Å². The van der Waals surface area contributed by atoms with E-state index in [1.54, 1.807) is 36.5 Å². The molecule has 1 aromatic carbocycles. The molecule has 0 aliphatic rings. The van der Waals surface area contributed by atoms with Crippen molar-refractivity contribution in [3.63, 3.8) is 0 Å². The summed E-state index contributed by atoms with van der Waals surface area (Å²) in [6.45, 7) is 1.84. The van der Waals surface area contributed by atoms with Gasteiger partial charge in [0.2, 0.25) is 11.8 Å². The fourth-order valence-corrected chi connectivity index (χ4v) is 1.92. The van der Waals surface area contributed by atoms with Gasteiger partial charge in [-0.25, -0.2) is 4.98 Å². The van der Waals surface area contributed by atoms with E-state index < -0.39 is 0 Å². The van der Waals surface area contributed by atoms with Crippen LogP contribution in [0.1, 0.15) is 18.1 Å². The Morgan fingerprint density at radius 1 is 1.17 bits per heavy atom. The third-order valence-corrected chi connectivity index (χ3v) is 3.14. The topological polar surface area (TPSA) is 71.1 Å². The summed E-state index contributed by atoms with van der Waals surface area (Å²) in [6.07, 6.45) is 4.77. The minimum Gasteiger partial charge on any atom is -0.348 e. The van der Waals surface area contributed by atoms with Gasteiger partial charge in [0.15, 0.2) is 0 Å². The van der Waals surface area contributed by atoms with Crippen molar-refractivity contribution >= 4 is 35.2 Å². The standard InChI is InChI=1S/C17H16ClN3O2/c1-12(22)21-15-6-2-13(3-7-15)5-9-17(23)20-11-14-4-8-16(18)19-10-14/h2-10H,11H2,1H3,(H,20,23)(H,21,22)/b9-5+. The largest absolute Gasteiger partial charge is 0.348 e. The highest BCUT2D eigenvalue weighted by Crippen LogP contribution is 2.10. The van der Waals surface area contributed by atoms with Crippen molar-refractivity contribution in [2.24, 2.45) is 0 Å². The van der Waals surface area contributed by atoms with Crippen LogP contribution in [0.5, 0.6) is 0 Å². The molecule has 1 heterocycles. The SMILES string of the molecule is CC(=O)Nc1ccc(/C=C/C(=O)NCc2ccc(Cl)nc2)cc1. The lowest BCUT2D eigenvalue weighted by Crippen LogP contribution is -2.20. The maximum Gasteiger partial charge on any atom is 0.244 e. The van der Waals surface area contributed by atoms with Crippen LogP contribution >= 0.6 is 11.6 Å². The van der Waals surface area contributed by atoms with Crippen LogP contribution in [0.2, 0.25) is 5.15 Å². The Kier molecular flexibility index (Phi) is 5.88. The first-order valence-corrected chi connectivity index (χ1v) is 7.35. The van der Waals surface area contributed by atoms with E-state index in [-0.39, 0.29) is 11.8 Å². The van der Waals surface area contributed by atoms with E-state index in [0.29, 0.717) is 17.4 Å². The van der Waals surface area contributed by atoms with E-state index in [2.05, 4.69) is 15.6 Å². The highest BCUT2D eigenvalue weighted by atomic mass is 35.5. The van der Waals surface area contributed by atoms with Crippen LogP contribution in [0.25, 0.3) is 6.08 Å². The minimum atomic E-state index is -0.203. The summed E-state index contributed by atoms with van der Waals surface area (Å²) in [6, 6.07) is 10.7. The monoisotopic (exact) mass is 329 g/mol. The number of benzene rings is 1. The van der Waals surface area contributed by atoms with Gasteiger partial charge in [-0.15, -0.1) is 0 Å². The number of halogens is 1. The molecule has 2 aromatic rings. The number of aromatic nitrogens is 1. The molecule has 118 valence electrons. The molecule has 0 saturated carbocycles. The Morgan fingerprint density at radius 3 is 2.52 bits per heavy atom. The van der Waals surface area contributed by atoms with Crippen LogP contribution < -0.4 is 10.6 Å². The Hall–Kier alpha value is -2.66. The molecule has 0 atom stereocenters. The summed E-state index contributed by atoms with van der Waals surface area (Å²) in [4.78, 5) is 26.6. The van der Waals surface area contributed by atoms with Gasteiger partial charge < -0.3 is 10.6 Å². The molecule has 0 spiro atoms. The molecule has 23 heavy (non-hydrogen) atoms. The normalized spacial score (nSPS) is 10.5. The molecule has 2 rings (SSSR count). The van der Waals surface area contributed by atoms with Gasteiger partial charge in [0.05, 0.1) is 0 Å². The average Bonchev–Trinajstić information content (AvgIpc) is 2.53. The lowest BCUT2D eigenvalue weighted by Gasteiger charge is -2.03. The number of nitrogens with zero attached hydrogens (tertiary/aromatic N) is 1. The second-order valence-electron chi connectivity index (χ2n) is 4.84. The molecule has 0 saturated heterocycles. The van der Waals surface area contributed by atoms with Crippen molar-refractivity contribution in [3.8, 4) is 0 Å². The fourth-order valence-electron chi connectivity index (χ4n) is 1.81. The highest BCUT2D eigenvalue weighted by molar-refractivity contribution is 6.29. The number of rotatable bonds is 5. The fraction of sp³-hybridized carbons (Fsp3) is 0.118. The summed E-state index contributed by atoms with van der Waals surface area (Å²) >= 11 is 5.70. The molecule has 0 bridgehead atoms. The van der Waals surface area contributed by atoms with Crippen LogP contribution in [0.4, 0.5) is 5.69 Å². The average molecular weight is 330 g/mol. The smallest absolute Gasteiger partial charge is 0.244 e. The van der Waals surface area contributed by atoms with E-state index >= 15 is 0 Å². The van der Waals surface area contributed by atoms with Crippen molar-refractivity contribution in [2.45, 2.75) is 13.5 Å². The molecule has 2 amide bonds. The third kappa shape index (κ3) is 5.92. The number of nitrogens with one attached hydrogen (secondary N) is 2. The Balaban J connectivity index is 1.85. The molecule has 0 radical (unpaired) electrons. The predicted octanol–water partition coefficient (Wildman–Crippen LogP) is 3.02. The molecule has 6 heteroatoms. The van der Waals surface area contributed by atoms with Gasteiger partial charge >= 0.3 is 0 Å². The minimum absolute atomic E-state index is 0.121. The lowest BCUT2D eigenvalue weighted by atomic mass is 10.2. The molecule has 5 nitrogen and oxygen atoms in total. The van der Waals surface area contributed by atoms with Gasteiger partial charge in [-0.1, -0.05) is 29.8 Å². The van der Waals surface area contributed by atoms with Gasteiger partial charge in [0.25, 0.3) is 0 Å². The molecule has 0 fully saturated rings. The number of hydrogen-bond acceptors (Lipinski definition) is 3. The number of pyridine rings is 1. The highest BCUT2D eigenvalue weighted by Gasteiger charge is 1.98. The Morgan fingerprint density at radius 2 is 1.91 bits per heavy atom. The quantitative estimate of drug-likeness (QED) is 0.654. The molecule has 1 aromatic heterocycles. The first kappa shape index (κ1) is 16.7. The van der Waals surface area contributed by atoms with E-state index in [0.717, 1.165) is 11.1 Å². The molecule has 0 aliphatic heterocycles. The lowest BCUT2D eigenvalue weighted by molar-refractivity contribution is -0.116. The summed E-state index contributed by atoms with van der Waals surface area (Å²) in [5.41, 5.74) is 2.45. The number of hydrogen-bond donors (Lipinski definition) is 2. The van der Waals surface area contributed by atoms with Crippen LogP contribution in [0, 0.1) is 0 Å². The third-order valence-electron chi connectivity index (χ3n) is 2.91. The van der Waals surface area contributed by atoms with Crippen molar-refractivity contribution in [2.75, 3.05) is 5.32 Å². The van der Waals surface area contributed by atoms with Gasteiger partial charge in [0, 0.05) is 31.4 Å². The molecule has 0 aliphatic carbocycles. The van der Waals surface area contributed by atoms with Gasteiger partial charge in [-0.2, -0.15) is 0 Å². The zero-order valence-electron chi connectivity index (χ0n) is 12.5. The second kappa shape index (κ2) is 8.10. The first-order chi connectivity index (χ1) is 11.0. The second-order valence-corrected chi connectivity index (χ2v) is 5.23. The number of anilines is 1. The maximum atomic E-state index is 11.8. The van der Waals surface area contributed by atoms with E-state index in [9.17, 15) is 9.59 Å². The van der Waals surface area contributed by atoms with Crippen molar-refractivity contribution < 1.29 is 9.59 Å². The predicted molar refractivity (Wildman–Crippen MR) is 90.9 cm³/mol. The maximum absolute atomic E-state index is 11.8. The van der Waals surface area contributed by atoms with E-state index in [1.165, 1.54) is 13.0 Å². The van der Waals surface area contributed by atoms with Crippen molar-refractivity contribution in [1.29, 1.82) is 0 Å².